The summed E-state index contributed by atoms with van der Waals surface area (Å²) in [5, 5.41) is 14.7. The first-order valence-corrected chi connectivity index (χ1v) is 7.20. The minimum Gasteiger partial charge on any atom is -0.481 e. The van der Waals surface area contributed by atoms with Crippen molar-refractivity contribution < 1.29 is 14.7 Å². The Balaban J connectivity index is 2.01. The Morgan fingerprint density at radius 3 is 2.48 bits per heavy atom. The average molecular weight is 313 g/mol. The van der Waals surface area contributed by atoms with Crippen LogP contribution in [0.5, 0.6) is 0 Å². The number of carboxylic acid groups (broad SMARTS) is 1. The van der Waals surface area contributed by atoms with Crippen molar-refractivity contribution in [3.63, 3.8) is 0 Å². The van der Waals surface area contributed by atoms with E-state index in [0.717, 1.165) is 5.56 Å². The third-order valence-corrected chi connectivity index (χ3v) is 3.24. The first-order chi connectivity index (χ1) is 11.0. The molecule has 6 heteroatoms. The van der Waals surface area contributed by atoms with Crippen LogP contribution in [0.3, 0.4) is 0 Å². The van der Waals surface area contributed by atoms with Gasteiger partial charge in [0.15, 0.2) is 0 Å². The standard InChI is InChI=1S/C17H19N3O3/c18-13-7-4-8-14(9-13)20-17(23)15(10-16(21)22)19-11-12-5-2-1-3-6-12/h1-9,15,19H,10-11,18H2,(H,20,23)(H,21,22). The summed E-state index contributed by atoms with van der Waals surface area (Å²) in [4.78, 5) is 23.3. The van der Waals surface area contributed by atoms with Gasteiger partial charge >= 0.3 is 5.97 Å². The molecule has 2 aromatic carbocycles. The van der Waals surface area contributed by atoms with E-state index >= 15 is 0 Å². The van der Waals surface area contributed by atoms with Gasteiger partial charge in [-0.15, -0.1) is 0 Å². The molecule has 0 aliphatic carbocycles. The highest BCUT2D eigenvalue weighted by Crippen LogP contribution is 2.12. The molecule has 1 unspecified atom stereocenters. The molecule has 1 amide bonds. The van der Waals surface area contributed by atoms with Crippen LogP contribution in [0.15, 0.2) is 54.6 Å². The predicted octanol–water partition coefficient (Wildman–Crippen LogP) is 1.84. The number of rotatable bonds is 7. The predicted molar refractivity (Wildman–Crippen MR) is 88.8 cm³/mol. The maximum atomic E-state index is 12.3. The number of carbonyl (C=O) groups excluding carboxylic acids is 1. The molecule has 0 fully saturated rings. The molecule has 2 rings (SSSR count). The summed E-state index contributed by atoms with van der Waals surface area (Å²) < 4.78 is 0. The highest BCUT2D eigenvalue weighted by molar-refractivity contribution is 5.97. The summed E-state index contributed by atoms with van der Waals surface area (Å²) >= 11 is 0. The fraction of sp³-hybridized carbons (Fsp3) is 0.176. The first-order valence-electron chi connectivity index (χ1n) is 7.20. The SMILES string of the molecule is Nc1cccc(NC(=O)C(CC(=O)O)NCc2ccccc2)c1. The molecule has 23 heavy (non-hydrogen) atoms. The molecule has 0 aliphatic rings. The molecule has 0 saturated carbocycles. The van der Waals surface area contributed by atoms with Crippen LogP contribution in [0.1, 0.15) is 12.0 Å². The highest BCUT2D eigenvalue weighted by atomic mass is 16.4. The minimum absolute atomic E-state index is 0.305. The lowest BCUT2D eigenvalue weighted by Crippen LogP contribution is -2.41. The lowest BCUT2D eigenvalue weighted by Gasteiger charge is -2.17. The van der Waals surface area contributed by atoms with E-state index in [0.29, 0.717) is 17.9 Å². The Labute approximate surface area is 134 Å². The number of nitrogens with one attached hydrogen (secondary N) is 2. The van der Waals surface area contributed by atoms with Crippen LogP contribution in [0.4, 0.5) is 11.4 Å². The number of carboxylic acids is 1. The summed E-state index contributed by atoms with van der Waals surface area (Å²) in [6.45, 7) is 0.406. The number of hydrogen-bond donors (Lipinski definition) is 4. The van der Waals surface area contributed by atoms with Crippen LogP contribution in [0, 0.1) is 0 Å². The Hall–Kier alpha value is -2.86. The van der Waals surface area contributed by atoms with Gasteiger partial charge in [-0.05, 0) is 23.8 Å². The number of carbonyl (C=O) groups is 2. The molecule has 0 radical (unpaired) electrons. The molecule has 0 spiro atoms. The Morgan fingerprint density at radius 2 is 1.83 bits per heavy atom. The first kappa shape index (κ1) is 16.5. The molecule has 0 aromatic heterocycles. The molecule has 1 atom stereocenters. The maximum absolute atomic E-state index is 12.3. The second-order valence-corrected chi connectivity index (χ2v) is 5.13. The van der Waals surface area contributed by atoms with Crippen molar-refractivity contribution in [2.45, 2.75) is 19.0 Å². The van der Waals surface area contributed by atoms with Gasteiger partial charge < -0.3 is 21.5 Å². The number of anilines is 2. The van der Waals surface area contributed by atoms with Gasteiger partial charge in [-0.1, -0.05) is 36.4 Å². The Kier molecular flexibility index (Phi) is 5.71. The topological polar surface area (TPSA) is 104 Å². The number of nitrogens with two attached hydrogens (primary N) is 1. The number of benzene rings is 2. The van der Waals surface area contributed by atoms with Gasteiger partial charge in [-0.2, -0.15) is 0 Å². The molecule has 0 heterocycles. The van der Waals surface area contributed by atoms with Crippen molar-refractivity contribution in [1.29, 1.82) is 0 Å². The quantitative estimate of drug-likeness (QED) is 0.584. The van der Waals surface area contributed by atoms with Gasteiger partial charge in [0.05, 0.1) is 12.5 Å². The van der Waals surface area contributed by atoms with Crippen molar-refractivity contribution in [2.75, 3.05) is 11.1 Å². The second kappa shape index (κ2) is 7.95. The molecule has 0 saturated heterocycles. The van der Waals surface area contributed by atoms with Crippen molar-refractivity contribution in [1.82, 2.24) is 5.32 Å². The Morgan fingerprint density at radius 1 is 1.09 bits per heavy atom. The van der Waals surface area contributed by atoms with Crippen LogP contribution in [0.25, 0.3) is 0 Å². The zero-order chi connectivity index (χ0) is 16.7. The fourth-order valence-electron chi connectivity index (χ4n) is 2.11. The van der Waals surface area contributed by atoms with E-state index in [1.165, 1.54) is 0 Å². The van der Waals surface area contributed by atoms with E-state index in [1.807, 2.05) is 30.3 Å². The summed E-state index contributed by atoms with van der Waals surface area (Å²) in [7, 11) is 0. The fourth-order valence-corrected chi connectivity index (χ4v) is 2.11. The van der Waals surface area contributed by atoms with Gasteiger partial charge in [0.1, 0.15) is 0 Å². The van der Waals surface area contributed by atoms with Crippen molar-refractivity contribution in [3.05, 3.63) is 60.2 Å². The molecule has 120 valence electrons. The number of aliphatic carboxylic acids is 1. The second-order valence-electron chi connectivity index (χ2n) is 5.13. The average Bonchev–Trinajstić information content (AvgIpc) is 2.52. The summed E-state index contributed by atoms with van der Waals surface area (Å²) in [5.41, 5.74) is 7.69. The molecule has 0 bridgehead atoms. The lowest BCUT2D eigenvalue weighted by molar-refractivity contribution is -0.139. The molecule has 5 N–H and O–H groups in total. The van der Waals surface area contributed by atoms with Crippen LogP contribution in [0.2, 0.25) is 0 Å². The molecular formula is C17H19N3O3. The van der Waals surface area contributed by atoms with E-state index in [1.54, 1.807) is 24.3 Å². The van der Waals surface area contributed by atoms with E-state index < -0.39 is 17.9 Å². The minimum atomic E-state index is -1.04. The van der Waals surface area contributed by atoms with E-state index in [-0.39, 0.29) is 6.42 Å². The summed E-state index contributed by atoms with van der Waals surface area (Å²) in [6.07, 6.45) is -0.305. The number of amides is 1. The van der Waals surface area contributed by atoms with E-state index in [9.17, 15) is 9.59 Å². The zero-order valence-corrected chi connectivity index (χ0v) is 12.5. The zero-order valence-electron chi connectivity index (χ0n) is 12.5. The summed E-state index contributed by atoms with van der Waals surface area (Å²) in [5.74, 6) is -1.45. The van der Waals surface area contributed by atoms with Crippen LogP contribution >= 0.6 is 0 Å². The van der Waals surface area contributed by atoms with Crippen molar-refractivity contribution in [2.24, 2.45) is 0 Å². The molecular weight excluding hydrogens is 294 g/mol. The van der Waals surface area contributed by atoms with E-state index in [4.69, 9.17) is 10.8 Å². The third-order valence-electron chi connectivity index (χ3n) is 3.24. The largest absolute Gasteiger partial charge is 0.481 e. The third kappa shape index (κ3) is 5.44. The van der Waals surface area contributed by atoms with Crippen LogP contribution in [-0.4, -0.2) is 23.0 Å². The molecule has 0 aliphatic heterocycles. The van der Waals surface area contributed by atoms with Gasteiger partial charge in [0.25, 0.3) is 0 Å². The van der Waals surface area contributed by atoms with Crippen LogP contribution in [-0.2, 0) is 16.1 Å². The lowest BCUT2D eigenvalue weighted by atomic mass is 10.1. The van der Waals surface area contributed by atoms with Crippen molar-refractivity contribution >= 4 is 23.3 Å². The van der Waals surface area contributed by atoms with Crippen LogP contribution < -0.4 is 16.4 Å². The Bertz CT molecular complexity index is 674. The normalized spacial score (nSPS) is 11.7. The van der Waals surface area contributed by atoms with E-state index in [2.05, 4.69) is 10.6 Å². The maximum Gasteiger partial charge on any atom is 0.305 e. The summed E-state index contributed by atoms with van der Waals surface area (Å²) in [6, 6.07) is 15.4. The molecule has 2 aromatic rings. The van der Waals surface area contributed by atoms with Gasteiger partial charge in [0, 0.05) is 17.9 Å². The van der Waals surface area contributed by atoms with Gasteiger partial charge in [0.2, 0.25) is 5.91 Å². The number of nitrogen functional groups attached to an aromatic ring is 1. The van der Waals surface area contributed by atoms with Gasteiger partial charge in [-0.25, -0.2) is 0 Å². The van der Waals surface area contributed by atoms with Gasteiger partial charge in [-0.3, -0.25) is 9.59 Å². The number of hydrogen-bond acceptors (Lipinski definition) is 4. The molecule has 6 nitrogen and oxygen atoms in total. The highest BCUT2D eigenvalue weighted by Gasteiger charge is 2.21. The smallest absolute Gasteiger partial charge is 0.305 e. The monoisotopic (exact) mass is 313 g/mol. The van der Waals surface area contributed by atoms with Crippen molar-refractivity contribution in [3.8, 4) is 0 Å².